The fourth-order valence-electron chi connectivity index (χ4n) is 4.12. The van der Waals surface area contributed by atoms with E-state index in [0.717, 1.165) is 4.90 Å². The van der Waals surface area contributed by atoms with Gasteiger partial charge in [-0.3, -0.25) is 14.7 Å². The largest absolute Gasteiger partial charge is 0.504 e. The van der Waals surface area contributed by atoms with E-state index in [4.69, 9.17) is 4.74 Å². The Kier molecular flexibility index (Phi) is 8.39. The number of rotatable bonds is 8. The van der Waals surface area contributed by atoms with E-state index in [1.807, 2.05) is 0 Å². The Balaban J connectivity index is 1.32. The summed E-state index contributed by atoms with van der Waals surface area (Å²) in [7, 11) is 0. The molecular formula is C25H26BrN5O6. The van der Waals surface area contributed by atoms with Crippen molar-refractivity contribution < 1.29 is 29.3 Å². The number of carboxylic acid groups (broad SMARTS) is 1. The average molecular weight is 572 g/mol. The van der Waals surface area contributed by atoms with Gasteiger partial charge < -0.3 is 25.6 Å². The van der Waals surface area contributed by atoms with Gasteiger partial charge in [-0.05, 0) is 59.5 Å². The molecule has 37 heavy (non-hydrogen) atoms. The Hall–Kier alpha value is -3.93. The minimum Gasteiger partial charge on any atom is -0.504 e. The summed E-state index contributed by atoms with van der Waals surface area (Å²) < 4.78 is 5.70. The van der Waals surface area contributed by atoms with Gasteiger partial charge in [0.1, 0.15) is 17.4 Å². The van der Waals surface area contributed by atoms with E-state index in [1.165, 1.54) is 6.20 Å². The van der Waals surface area contributed by atoms with Crippen LogP contribution in [0.25, 0.3) is 11.0 Å². The minimum atomic E-state index is -1.17. The van der Waals surface area contributed by atoms with Crippen molar-refractivity contribution in [3.05, 3.63) is 58.7 Å². The van der Waals surface area contributed by atoms with Crippen LogP contribution in [0.1, 0.15) is 29.6 Å². The molecule has 4 rings (SSSR count). The van der Waals surface area contributed by atoms with Crippen LogP contribution < -0.4 is 10.6 Å². The minimum absolute atomic E-state index is 0.0268. The lowest BCUT2D eigenvalue weighted by Gasteiger charge is -2.37. The summed E-state index contributed by atoms with van der Waals surface area (Å²) >= 11 is 3.26. The molecule has 0 saturated carbocycles. The highest BCUT2D eigenvalue weighted by Crippen LogP contribution is 2.31. The third-order valence-corrected chi connectivity index (χ3v) is 6.64. The first kappa shape index (κ1) is 26.1. The molecule has 1 aliphatic rings. The lowest BCUT2D eigenvalue weighted by atomic mass is 9.96. The zero-order chi connectivity index (χ0) is 26.4. The lowest BCUT2D eigenvalue weighted by molar-refractivity contribution is -0.127. The number of phenols is 1. The van der Waals surface area contributed by atoms with Gasteiger partial charge in [-0.15, -0.1) is 0 Å². The zero-order valence-electron chi connectivity index (χ0n) is 19.8. The van der Waals surface area contributed by atoms with Crippen LogP contribution >= 0.6 is 15.9 Å². The summed E-state index contributed by atoms with van der Waals surface area (Å²) in [4.78, 5) is 46.5. The molecule has 0 aliphatic carbocycles. The molecule has 11 nitrogen and oxygen atoms in total. The number of hydrogen-bond donors (Lipinski definition) is 4. The number of phenolic OH excluding ortho intramolecular Hbond substituents is 1. The van der Waals surface area contributed by atoms with Crippen LogP contribution in [0, 0.1) is 0 Å². The smallest absolute Gasteiger partial charge is 0.407 e. The molecule has 1 saturated heterocycles. The Morgan fingerprint density at radius 3 is 2.70 bits per heavy atom. The number of likely N-dealkylation sites (tertiary alicyclic amines) is 1. The summed E-state index contributed by atoms with van der Waals surface area (Å²) in [6, 6.07) is 10.9. The number of esters is 1. The summed E-state index contributed by atoms with van der Waals surface area (Å²) in [6.45, 7) is 0.514. The van der Waals surface area contributed by atoms with Gasteiger partial charge in [0.2, 0.25) is 5.91 Å². The van der Waals surface area contributed by atoms with Gasteiger partial charge >= 0.3 is 12.1 Å². The van der Waals surface area contributed by atoms with Gasteiger partial charge in [0.05, 0.1) is 28.4 Å². The number of carbonyl (C=O) groups excluding carboxylic acids is 2. The predicted molar refractivity (Wildman–Crippen MR) is 138 cm³/mol. The number of aromatic nitrogens is 2. The molecule has 0 bridgehead atoms. The Morgan fingerprint density at radius 1 is 1.16 bits per heavy atom. The van der Waals surface area contributed by atoms with Crippen molar-refractivity contribution in [2.75, 3.05) is 25.0 Å². The molecule has 2 atom stereocenters. The number of nitrogens with zero attached hydrogens (tertiary/aromatic N) is 3. The van der Waals surface area contributed by atoms with Gasteiger partial charge in [0.25, 0.3) is 0 Å². The Labute approximate surface area is 221 Å². The van der Waals surface area contributed by atoms with Crippen LogP contribution in [-0.2, 0) is 9.53 Å². The number of halogens is 1. The summed E-state index contributed by atoms with van der Waals surface area (Å²) in [5.41, 5.74) is 1.30. The summed E-state index contributed by atoms with van der Waals surface area (Å²) in [5.74, 6) is -0.479. The maximum Gasteiger partial charge on any atom is 0.407 e. The fraction of sp³-hybridized carbons (Fsp3) is 0.320. The van der Waals surface area contributed by atoms with Crippen molar-refractivity contribution in [3.8, 4) is 5.75 Å². The van der Waals surface area contributed by atoms with E-state index in [-0.39, 0.29) is 37.9 Å². The molecule has 1 unspecified atom stereocenters. The number of anilines is 1. The monoisotopic (exact) mass is 571 g/mol. The van der Waals surface area contributed by atoms with Crippen molar-refractivity contribution in [2.24, 2.45) is 0 Å². The number of hydrogen-bond acceptors (Lipinski definition) is 8. The second-order valence-corrected chi connectivity index (χ2v) is 9.38. The number of piperidine rings is 1. The fourth-order valence-corrected chi connectivity index (χ4v) is 4.44. The highest BCUT2D eigenvalue weighted by atomic mass is 79.9. The van der Waals surface area contributed by atoms with Crippen LogP contribution in [0.15, 0.2) is 53.1 Å². The van der Waals surface area contributed by atoms with Gasteiger partial charge in [-0.1, -0.05) is 18.2 Å². The first-order valence-corrected chi connectivity index (χ1v) is 12.5. The van der Waals surface area contributed by atoms with E-state index in [0.29, 0.717) is 39.7 Å². The predicted octanol–water partition coefficient (Wildman–Crippen LogP) is 3.38. The topological polar surface area (TPSA) is 154 Å². The SMILES string of the molecule is O=C(OCCCNC(=O)[C@@H]1CC(Nc2cnc3ccc(Br)c(O)c3n2)CCN1C(=O)O)c1ccccc1. The van der Waals surface area contributed by atoms with Crippen LogP contribution in [0.5, 0.6) is 5.75 Å². The molecule has 4 N–H and O–H groups in total. The molecule has 2 heterocycles. The highest BCUT2D eigenvalue weighted by Gasteiger charge is 2.36. The number of fused-ring (bicyclic) bond motifs is 1. The molecule has 2 amide bonds. The summed E-state index contributed by atoms with van der Waals surface area (Å²) in [6.07, 6.45) is 1.44. The number of ether oxygens (including phenoxy) is 1. The zero-order valence-corrected chi connectivity index (χ0v) is 21.3. The third kappa shape index (κ3) is 6.45. The molecule has 194 valence electrons. The van der Waals surface area contributed by atoms with E-state index in [2.05, 4.69) is 36.5 Å². The van der Waals surface area contributed by atoms with Crippen molar-refractivity contribution in [1.82, 2.24) is 20.2 Å². The standard InChI is InChI=1S/C25H26BrN5O6/c26-17-7-8-18-21(22(17)32)30-20(14-28-18)29-16-9-11-31(25(35)36)19(13-16)23(33)27-10-4-12-37-24(34)15-5-2-1-3-6-15/h1-3,5-8,14,16,19,32H,4,9-13H2,(H,27,33)(H,29,30)(H,35,36)/t16?,19-/m0/s1. The van der Waals surface area contributed by atoms with Gasteiger partial charge in [-0.2, -0.15) is 0 Å². The molecular weight excluding hydrogens is 546 g/mol. The maximum atomic E-state index is 12.9. The van der Waals surface area contributed by atoms with Gasteiger partial charge in [0, 0.05) is 19.1 Å². The number of nitrogens with one attached hydrogen (secondary N) is 2. The lowest BCUT2D eigenvalue weighted by Crippen LogP contribution is -2.55. The number of benzene rings is 2. The first-order valence-electron chi connectivity index (χ1n) is 11.7. The number of amides is 2. The van der Waals surface area contributed by atoms with E-state index in [9.17, 15) is 24.6 Å². The van der Waals surface area contributed by atoms with Crippen LogP contribution in [0.2, 0.25) is 0 Å². The molecule has 12 heteroatoms. The van der Waals surface area contributed by atoms with Crippen LogP contribution in [0.3, 0.4) is 0 Å². The molecule has 3 aromatic rings. The van der Waals surface area contributed by atoms with E-state index in [1.54, 1.807) is 42.5 Å². The molecule has 1 fully saturated rings. The summed E-state index contributed by atoms with van der Waals surface area (Å²) in [5, 5.41) is 25.8. The Morgan fingerprint density at radius 2 is 1.95 bits per heavy atom. The quantitative estimate of drug-likeness (QED) is 0.235. The van der Waals surface area contributed by atoms with Gasteiger partial charge in [0.15, 0.2) is 5.75 Å². The highest BCUT2D eigenvalue weighted by molar-refractivity contribution is 9.10. The maximum absolute atomic E-state index is 12.9. The third-order valence-electron chi connectivity index (χ3n) is 6.00. The number of carbonyl (C=O) groups is 3. The van der Waals surface area contributed by atoms with Crippen LogP contribution in [0.4, 0.5) is 10.6 Å². The molecule has 1 aromatic heterocycles. The molecule has 2 aromatic carbocycles. The van der Waals surface area contributed by atoms with Crippen molar-refractivity contribution in [2.45, 2.75) is 31.3 Å². The molecule has 1 aliphatic heterocycles. The van der Waals surface area contributed by atoms with E-state index < -0.39 is 24.0 Å². The van der Waals surface area contributed by atoms with Crippen molar-refractivity contribution >= 4 is 50.8 Å². The normalized spacial score (nSPS) is 17.3. The van der Waals surface area contributed by atoms with Crippen molar-refractivity contribution in [3.63, 3.8) is 0 Å². The molecule has 0 spiro atoms. The molecule has 0 radical (unpaired) electrons. The number of aromatic hydroxyl groups is 1. The second kappa shape index (κ2) is 11.9. The van der Waals surface area contributed by atoms with Crippen molar-refractivity contribution in [1.29, 1.82) is 0 Å². The Bertz CT molecular complexity index is 1290. The average Bonchev–Trinajstić information content (AvgIpc) is 2.91. The first-order chi connectivity index (χ1) is 17.8. The second-order valence-electron chi connectivity index (χ2n) is 8.52. The van der Waals surface area contributed by atoms with Crippen LogP contribution in [-0.4, -0.2) is 74.8 Å². The van der Waals surface area contributed by atoms with Gasteiger partial charge in [-0.25, -0.2) is 14.6 Å². The van der Waals surface area contributed by atoms with E-state index >= 15 is 0 Å².